The molecule has 0 aliphatic carbocycles. The highest BCUT2D eigenvalue weighted by Crippen LogP contribution is 2.19. The van der Waals surface area contributed by atoms with E-state index in [4.69, 9.17) is 5.73 Å². The van der Waals surface area contributed by atoms with Crippen LogP contribution in [-0.2, 0) is 0 Å². The molecule has 17 heavy (non-hydrogen) atoms. The number of benzene rings is 1. The zero-order valence-electron chi connectivity index (χ0n) is 10.1. The number of nitrogen functional groups attached to an aromatic ring is 1. The van der Waals surface area contributed by atoms with E-state index in [2.05, 4.69) is 48.4 Å². The molecule has 0 fully saturated rings. The lowest BCUT2D eigenvalue weighted by atomic mass is 10.1. The van der Waals surface area contributed by atoms with E-state index < -0.39 is 0 Å². The predicted molar refractivity (Wildman–Crippen MR) is 71.9 cm³/mol. The van der Waals surface area contributed by atoms with Crippen molar-refractivity contribution in [2.45, 2.75) is 19.9 Å². The summed E-state index contributed by atoms with van der Waals surface area (Å²) >= 11 is 0. The molecule has 1 atom stereocenters. The van der Waals surface area contributed by atoms with E-state index in [1.807, 2.05) is 12.1 Å². The largest absolute Gasteiger partial charge is 0.384 e. The number of anilines is 2. The van der Waals surface area contributed by atoms with Gasteiger partial charge in [0.05, 0.1) is 0 Å². The number of nitrogens with two attached hydrogens (primary N) is 1. The molecule has 0 spiro atoms. The van der Waals surface area contributed by atoms with Crippen molar-refractivity contribution in [2.75, 3.05) is 11.1 Å². The van der Waals surface area contributed by atoms with Crippen molar-refractivity contribution in [1.82, 2.24) is 4.98 Å². The first-order valence-corrected chi connectivity index (χ1v) is 5.70. The molecule has 3 nitrogen and oxygen atoms in total. The molecule has 2 rings (SSSR count). The summed E-state index contributed by atoms with van der Waals surface area (Å²) in [6, 6.07) is 12.5. The van der Waals surface area contributed by atoms with Crippen LogP contribution in [0.4, 0.5) is 11.5 Å². The normalized spacial score (nSPS) is 12.1. The smallest absolute Gasteiger partial charge is 0.125 e. The van der Waals surface area contributed by atoms with Crippen LogP contribution >= 0.6 is 0 Å². The van der Waals surface area contributed by atoms with Crippen molar-refractivity contribution >= 4 is 11.5 Å². The summed E-state index contributed by atoms with van der Waals surface area (Å²) in [6.45, 7) is 4.22. The van der Waals surface area contributed by atoms with Crippen LogP contribution < -0.4 is 11.1 Å². The summed E-state index contributed by atoms with van der Waals surface area (Å²) < 4.78 is 0. The van der Waals surface area contributed by atoms with Crippen molar-refractivity contribution in [3.8, 4) is 0 Å². The zero-order valence-corrected chi connectivity index (χ0v) is 10.1. The van der Waals surface area contributed by atoms with E-state index in [0.29, 0.717) is 5.82 Å². The van der Waals surface area contributed by atoms with Gasteiger partial charge in [-0.3, -0.25) is 0 Å². The number of rotatable bonds is 3. The Hall–Kier alpha value is -2.03. The maximum Gasteiger partial charge on any atom is 0.125 e. The molecule has 1 unspecified atom stereocenters. The lowest BCUT2D eigenvalue weighted by molar-refractivity contribution is 0.883. The Morgan fingerprint density at radius 1 is 1.18 bits per heavy atom. The number of pyridine rings is 1. The standard InChI is InChI=1S/C14H17N3/c1-10-3-5-12(6-4-10)11(2)17-13-7-8-16-14(15)9-13/h3-9,11H,1-2H3,(H3,15,16,17). The number of nitrogens with zero attached hydrogens (tertiary/aromatic N) is 1. The highest BCUT2D eigenvalue weighted by Gasteiger charge is 2.04. The molecule has 1 aromatic heterocycles. The maximum absolute atomic E-state index is 5.64. The summed E-state index contributed by atoms with van der Waals surface area (Å²) in [5, 5.41) is 3.40. The van der Waals surface area contributed by atoms with Crippen LogP contribution in [0.2, 0.25) is 0 Å². The quantitative estimate of drug-likeness (QED) is 0.847. The number of aryl methyl sites for hydroxylation is 1. The first kappa shape index (κ1) is 11.5. The highest BCUT2D eigenvalue weighted by molar-refractivity contribution is 5.51. The van der Waals surface area contributed by atoms with E-state index in [1.165, 1.54) is 11.1 Å². The Morgan fingerprint density at radius 2 is 1.88 bits per heavy atom. The highest BCUT2D eigenvalue weighted by atomic mass is 14.9. The van der Waals surface area contributed by atoms with Gasteiger partial charge in [-0.05, 0) is 25.5 Å². The topological polar surface area (TPSA) is 50.9 Å². The SMILES string of the molecule is Cc1ccc(C(C)Nc2ccnc(N)c2)cc1. The van der Waals surface area contributed by atoms with Crippen molar-refractivity contribution in [1.29, 1.82) is 0 Å². The molecular formula is C14H17N3. The zero-order chi connectivity index (χ0) is 12.3. The van der Waals surface area contributed by atoms with E-state index >= 15 is 0 Å². The summed E-state index contributed by atoms with van der Waals surface area (Å²) in [5.41, 5.74) is 9.16. The number of hydrogen-bond acceptors (Lipinski definition) is 3. The van der Waals surface area contributed by atoms with E-state index in [-0.39, 0.29) is 6.04 Å². The van der Waals surface area contributed by atoms with Gasteiger partial charge in [0.15, 0.2) is 0 Å². The maximum atomic E-state index is 5.64. The van der Waals surface area contributed by atoms with Crippen molar-refractivity contribution in [2.24, 2.45) is 0 Å². The molecule has 0 amide bonds. The van der Waals surface area contributed by atoms with Crippen LogP contribution in [-0.4, -0.2) is 4.98 Å². The fourth-order valence-corrected chi connectivity index (χ4v) is 1.73. The summed E-state index contributed by atoms with van der Waals surface area (Å²) in [4.78, 5) is 3.97. The second kappa shape index (κ2) is 4.87. The Morgan fingerprint density at radius 3 is 2.53 bits per heavy atom. The second-order valence-corrected chi connectivity index (χ2v) is 4.25. The molecular weight excluding hydrogens is 210 g/mol. The van der Waals surface area contributed by atoms with Gasteiger partial charge >= 0.3 is 0 Å². The third-order valence-corrected chi connectivity index (χ3v) is 2.74. The van der Waals surface area contributed by atoms with Crippen molar-refractivity contribution < 1.29 is 0 Å². The minimum absolute atomic E-state index is 0.248. The molecule has 0 bridgehead atoms. The van der Waals surface area contributed by atoms with Crippen molar-refractivity contribution in [3.63, 3.8) is 0 Å². The average molecular weight is 227 g/mol. The Labute approximate surface area is 102 Å². The molecule has 2 aromatic rings. The first-order chi connectivity index (χ1) is 8.15. The molecule has 1 heterocycles. The summed E-state index contributed by atoms with van der Waals surface area (Å²) in [6.07, 6.45) is 1.71. The van der Waals surface area contributed by atoms with Crippen molar-refractivity contribution in [3.05, 3.63) is 53.7 Å². The van der Waals surface area contributed by atoms with Gasteiger partial charge in [0.2, 0.25) is 0 Å². The molecule has 0 saturated heterocycles. The minimum Gasteiger partial charge on any atom is -0.384 e. The number of hydrogen-bond donors (Lipinski definition) is 2. The Bertz CT molecular complexity index is 491. The van der Waals surface area contributed by atoms with Gasteiger partial charge in [-0.1, -0.05) is 29.8 Å². The molecule has 88 valence electrons. The fraction of sp³-hybridized carbons (Fsp3) is 0.214. The Balaban J connectivity index is 2.11. The minimum atomic E-state index is 0.248. The lowest BCUT2D eigenvalue weighted by Gasteiger charge is -2.16. The van der Waals surface area contributed by atoms with Crippen LogP contribution in [0.1, 0.15) is 24.1 Å². The van der Waals surface area contributed by atoms with E-state index in [0.717, 1.165) is 5.69 Å². The van der Waals surface area contributed by atoms with Crippen LogP contribution in [0.15, 0.2) is 42.6 Å². The fourth-order valence-electron chi connectivity index (χ4n) is 1.73. The molecule has 3 N–H and O–H groups in total. The van der Waals surface area contributed by atoms with Gasteiger partial charge in [-0.15, -0.1) is 0 Å². The van der Waals surface area contributed by atoms with Gasteiger partial charge < -0.3 is 11.1 Å². The molecule has 1 aromatic carbocycles. The number of nitrogens with one attached hydrogen (secondary N) is 1. The molecule has 0 aliphatic heterocycles. The third kappa shape index (κ3) is 2.97. The van der Waals surface area contributed by atoms with E-state index in [9.17, 15) is 0 Å². The monoisotopic (exact) mass is 227 g/mol. The van der Waals surface area contributed by atoms with Crippen LogP contribution in [0.3, 0.4) is 0 Å². The summed E-state index contributed by atoms with van der Waals surface area (Å²) in [5.74, 6) is 0.533. The lowest BCUT2D eigenvalue weighted by Crippen LogP contribution is -2.07. The summed E-state index contributed by atoms with van der Waals surface area (Å²) in [7, 11) is 0. The molecule has 0 aliphatic rings. The van der Waals surface area contributed by atoms with Gasteiger partial charge in [-0.25, -0.2) is 4.98 Å². The van der Waals surface area contributed by atoms with Gasteiger partial charge in [0, 0.05) is 24.0 Å². The van der Waals surface area contributed by atoms with Gasteiger partial charge in [0.25, 0.3) is 0 Å². The molecule has 3 heteroatoms. The first-order valence-electron chi connectivity index (χ1n) is 5.70. The molecule has 0 saturated carbocycles. The second-order valence-electron chi connectivity index (χ2n) is 4.25. The van der Waals surface area contributed by atoms with Gasteiger partial charge in [0.1, 0.15) is 5.82 Å². The van der Waals surface area contributed by atoms with Crippen LogP contribution in [0.5, 0.6) is 0 Å². The third-order valence-electron chi connectivity index (χ3n) is 2.74. The van der Waals surface area contributed by atoms with Crippen LogP contribution in [0.25, 0.3) is 0 Å². The van der Waals surface area contributed by atoms with E-state index in [1.54, 1.807) is 6.20 Å². The number of aromatic nitrogens is 1. The Kier molecular flexibility index (Phi) is 3.28. The predicted octanol–water partition coefficient (Wildman–Crippen LogP) is 3.15. The van der Waals surface area contributed by atoms with Crippen LogP contribution in [0, 0.1) is 6.92 Å². The van der Waals surface area contributed by atoms with Gasteiger partial charge in [-0.2, -0.15) is 0 Å². The molecule has 0 radical (unpaired) electrons. The average Bonchev–Trinajstić information content (AvgIpc) is 2.29.